The second kappa shape index (κ2) is 5.16. The van der Waals surface area contributed by atoms with Crippen molar-refractivity contribution in [2.45, 2.75) is 59.5 Å². The van der Waals surface area contributed by atoms with Crippen LogP contribution >= 0.6 is 0 Å². The van der Waals surface area contributed by atoms with Crippen LogP contribution in [0.3, 0.4) is 0 Å². The van der Waals surface area contributed by atoms with E-state index in [-0.39, 0.29) is 6.10 Å². The summed E-state index contributed by atoms with van der Waals surface area (Å²) in [7, 11) is 0. The first-order chi connectivity index (χ1) is 6.52. The van der Waals surface area contributed by atoms with Gasteiger partial charge < -0.3 is 5.11 Å². The van der Waals surface area contributed by atoms with Gasteiger partial charge in [-0.15, -0.1) is 0 Å². The molecule has 84 valence electrons. The largest absolute Gasteiger partial charge is 0.393 e. The minimum absolute atomic E-state index is 0.0671. The molecule has 0 amide bonds. The van der Waals surface area contributed by atoms with Crippen molar-refractivity contribution in [1.82, 2.24) is 0 Å². The molecule has 1 aliphatic carbocycles. The van der Waals surface area contributed by atoms with Gasteiger partial charge in [-0.25, -0.2) is 0 Å². The Kier molecular flexibility index (Phi) is 4.43. The highest BCUT2D eigenvalue weighted by Crippen LogP contribution is 2.34. The van der Waals surface area contributed by atoms with Gasteiger partial charge in [0.1, 0.15) is 0 Å². The summed E-state index contributed by atoms with van der Waals surface area (Å²) in [5.74, 6) is 2.51. The fourth-order valence-electron chi connectivity index (χ4n) is 2.45. The first-order valence-electron chi connectivity index (χ1n) is 6.20. The summed E-state index contributed by atoms with van der Waals surface area (Å²) in [6.07, 6.45) is 5.03. The predicted octanol–water partition coefficient (Wildman–Crippen LogP) is 3.47. The fraction of sp³-hybridized carbons (Fsp3) is 1.00. The molecule has 2 unspecified atom stereocenters. The lowest BCUT2D eigenvalue weighted by Gasteiger charge is -2.34. The molecule has 1 fully saturated rings. The molecule has 0 aromatic heterocycles. The third kappa shape index (κ3) is 2.98. The lowest BCUT2D eigenvalue weighted by atomic mass is 9.75. The summed E-state index contributed by atoms with van der Waals surface area (Å²) in [4.78, 5) is 0. The molecule has 1 aliphatic rings. The van der Waals surface area contributed by atoms with Crippen molar-refractivity contribution in [1.29, 1.82) is 0 Å². The van der Waals surface area contributed by atoms with Gasteiger partial charge in [0, 0.05) is 0 Å². The Labute approximate surface area is 88.9 Å². The molecule has 0 spiro atoms. The standard InChI is InChI=1S/C13H26O/c1-9(2)11(4)13(14)12-7-5-10(3)6-8-12/h9-14H,5-8H2,1-4H3. The zero-order chi connectivity index (χ0) is 10.7. The van der Waals surface area contributed by atoms with E-state index in [0.717, 1.165) is 5.92 Å². The van der Waals surface area contributed by atoms with Crippen LogP contribution < -0.4 is 0 Å². The number of aliphatic hydroxyl groups is 1. The number of hydrogen-bond donors (Lipinski definition) is 1. The van der Waals surface area contributed by atoms with Crippen LogP contribution in [-0.2, 0) is 0 Å². The third-order valence-corrected chi connectivity index (χ3v) is 4.13. The highest BCUT2D eigenvalue weighted by molar-refractivity contribution is 4.80. The summed E-state index contributed by atoms with van der Waals surface area (Å²) in [6.45, 7) is 8.93. The monoisotopic (exact) mass is 198 g/mol. The van der Waals surface area contributed by atoms with Crippen molar-refractivity contribution in [2.24, 2.45) is 23.7 Å². The molecule has 0 radical (unpaired) electrons. The molecule has 1 nitrogen and oxygen atoms in total. The highest BCUT2D eigenvalue weighted by atomic mass is 16.3. The number of rotatable bonds is 3. The van der Waals surface area contributed by atoms with E-state index in [1.165, 1.54) is 25.7 Å². The Morgan fingerprint density at radius 2 is 1.50 bits per heavy atom. The molecule has 0 aliphatic heterocycles. The Morgan fingerprint density at radius 1 is 1.00 bits per heavy atom. The summed E-state index contributed by atoms with van der Waals surface area (Å²) in [5.41, 5.74) is 0. The van der Waals surface area contributed by atoms with E-state index in [2.05, 4.69) is 27.7 Å². The lowest BCUT2D eigenvalue weighted by molar-refractivity contribution is 0.0173. The molecular formula is C13H26O. The van der Waals surface area contributed by atoms with E-state index in [4.69, 9.17) is 0 Å². The van der Waals surface area contributed by atoms with Crippen LogP contribution in [0.5, 0.6) is 0 Å². The second-order valence-corrected chi connectivity index (χ2v) is 5.61. The normalized spacial score (nSPS) is 33.0. The van der Waals surface area contributed by atoms with E-state index >= 15 is 0 Å². The zero-order valence-electron chi connectivity index (χ0n) is 10.2. The summed E-state index contributed by atoms with van der Waals surface area (Å²) in [5, 5.41) is 10.2. The number of hydrogen-bond acceptors (Lipinski definition) is 1. The maximum atomic E-state index is 10.2. The molecule has 0 heterocycles. The molecule has 1 heteroatoms. The second-order valence-electron chi connectivity index (χ2n) is 5.61. The van der Waals surface area contributed by atoms with Crippen LogP contribution in [0.15, 0.2) is 0 Å². The maximum absolute atomic E-state index is 10.2. The van der Waals surface area contributed by atoms with Crippen molar-refractivity contribution >= 4 is 0 Å². The van der Waals surface area contributed by atoms with Crippen molar-refractivity contribution in [3.8, 4) is 0 Å². The van der Waals surface area contributed by atoms with Crippen LogP contribution in [0.4, 0.5) is 0 Å². The van der Waals surface area contributed by atoms with Gasteiger partial charge in [0.2, 0.25) is 0 Å². The smallest absolute Gasteiger partial charge is 0.0596 e. The van der Waals surface area contributed by atoms with Crippen molar-refractivity contribution in [2.75, 3.05) is 0 Å². The van der Waals surface area contributed by atoms with E-state index < -0.39 is 0 Å². The van der Waals surface area contributed by atoms with Gasteiger partial charge in [0.25, 0.3) is 0 Å². The van der Waals surface area contributed by atoms with Gasteiger partial charge in [-0.1, -0.05) is 40.5 Å². The minimum Gasteiger partial charge on any atom is -0.393 e. The number of aliphatic hydroxyl groups excluding tert-OH is 1. The lowest BCUT2D eigenvalue weighted by Crippen LogP contribution is -2.32. The average molecular weight is 198 g/mol. The van der Waals surface area contributed by atoms with Gasteiger partial charge in [-0.05, 0) is 36.5 Å². The van der Waals surface area contributed by atoms with Gasteiger partial charge in [-0.2, -0.15) is 0 Å². The highest BCUT2D eigenvalue weighted by Gasteiger charge is 2.29. The Balaban J connectivity index is 2.41. The third-order valence-electron chi connectivity index (χ3n) is 4.13. The molecule has 0 saturated heterocycles. The average Bonchev–Trinajstić information content (AvgIpc) is 2.16. The van der Waals surface area contributed by atoms with Crippen molar-refractivity contribution < 1.29 is 5.11 Å². The van der Waals surface area contributed by atoms with Crippen molar-refractivity contribution in [3.63, 3.8) is 0 Å². The van der Waals surface area contributed by atoms with Crippen LogP contribution in [0.2, 0.25) is 0 Å². The van der Waals surface area contributed by atoms with E-state index in [1.54, 1.807) is 0 Å². The van der Waals surface area contributed by atoms with Gasteiger partial charge in [-0.3, -0.25) is 0 Å². The molecule has 0 bridgehead atoms. The molecule has 2 atom stereocenters. The predicted molar refractivity (Wildman–Crippen MR) is 61.1 cm³/mol. The SMILES string of the molecule is CC1CCC(C(O)C(C)C(C)C)CC1. The first-order valence-corrected chi connectivity index (χ1v) is 6.20. The molecule has 1 saturated carbocycles. The Bertz CT molecular complexity index is 157. The van der Waals surface area contributed by atoms with Gasteiger partial charge in [0.05, 0.1) is 6.10 Å². The van der Waals surface area contributed by atoms with Crippen molar-refractivity contribution in [3.05, 3.63) is 0 Å². The fourth-order valence-corrected chi connectivity index (χ4v) is 2.45. The summed E-state index contributed by atoms with van der Waals surface area (Å²) in [6, 6.07) is 0. The molecule has 14 heavy (non-hydrogen) atoms. The summed E-state index contributed by atoms with van der Waals surface area (Å²) < 4.78 is 0. The Hall–Kier alpha value is -0.0400. The minimum atomic E-state index is -0.0671. The van der Waals surface area contributed by atoms with E-state index in [9.17, 15) is 5.11 Å². The van der Waals surface area contributed by atoms with Crippen LogP contribution in [0, 0.1) is 23.7 Å². The van der Waals surface area contributed by atoms with E-state index in [0.29, 0.717) is 17.8 Å². The van der Waals surface area contributed by atoms with E-state index in [1.807, 2.05) is 0 Å². The molecule has 1 N–H and O–H groups in total. The molecular weight excluding hydrogens is 172 g/mol. The molecule has 0 aromatic rings. The Morgan fingerprint density at radius 3 is 1.93 bits per heavy atom. The van der Waals surface area contributed by atoms with Gasteiger partial charge in [0.15, 0.2) is 0 Å². The van der Waals surface area contributed by atoms with Crippen LogP contribution in [-0.4, -0.2) is 11.2 Å². The zero-order valence-corrected chi connectivity index (χ0v) is 10.2. The quantitative estimate of drug-likeness (QED) is 0.736. The van der Waals surface area contributed by atoms with Crippen LogP contribution in [0.1, 0.15) is 53.4 Å². The molecule has 0 aromatic carbocycles. The molecule has 1 rings (SSSR count). The topological polar surface area (TPSA) is 20.2 Å². The van der Waals surface area contributed by atoms with Crippen LogP contribution in [0.25, 0.3) is 0 Å². The maximum Gasteiger partial charge on any atom is 0.0596 e. The first kappa shape index (κ1) is 12.0. The van der Waals surface area contributed by atoms with Gasteiger partial charge >= 0.3 is 0 Å². The summed E-state index contributed by atoms with van der Waals surface area (Å²) >= 11 is 0.